The first-order chi connectivity index (χ1) is 19.5. The van der Waals surface area contributed by atoms with E-state index in [4.69, 9.17) is 4.74 Å². The predicted molar refractivity (Wildman–Crippen MR) is 162 cm³/mol. The Labute approximate surface area is 237 Å². The SMILES string of the molecule is O=C(c1ccc(OCCN2CCCCC2)cc1)c1c(-c2ccc(O)cc2)sc2cc(-c3ccc(O)cc3)ccc12. The first-order valence-corrected chi connectivity index (χ1v) is 14.5. The topological polar surface area (TPSA) is 70.0 Å². The van der Waals surface area contributed by atoms with E-state index in [-0.39, 0.29) is 17.3 Å². The highest BCUT2D eigenvalue weighted by Gasteiger charge is 2.22. The number of ketones is 1. The van der Waals surface area contributed by atoms with Gasteiger partial charge in [-0.25, -0.2) is 0 Å². The molecule has 0 aliphatic carbocycles. The Morgan fingerprint density at radius 2 is 1.38 bits per heavy atom. The van der Waals surface area contributed by atoms with Crippen molar-refractivity contribution < 1.29 is 19.7 Å². The van der Waals surface area contributed by atoms with E-state index in [1.807, 2.05) is 60.7 Å². The number of aromatic hydroxyl groups is 2. The molecule has 6 heteroatoms. The molecular weight excluding hydrogens is 518 g/mol. The number of thiophene rings is 1. The monoisotopic (exact) mass is 549 g/mol. The summed E-state index contributed by atoms with van der Waals surface area (Å²) in [5, 5.41) is 20.4. The van der Waals surface area contributed by atoms with Crippen LogP contribution in [0.4, 0.5) is 0 Å². The number of phenolic OH excluding ortho intramolecular Hbond substituents is 2. The maximum absolute atomic E-state index is 14.0. The number of hydrogen-bond acceptors (Lipinski definition) is 6. The summed E-state index contributed by atoms with van der Waals surface area (Å²) in [5.74, 6) is 1.12. The second kappa shape index (κ2) is 11.5. The fourth-order valence-corrected chi connectivity index (χ4v) is 6.54. The number of carbonyl (C=O) groups is 1. The smallest absolute Gasteiger partial charge is 0.195 e. The number of hydrogen-bond donors (Lipinski definition) is 2. The third-order valence-electron chi connectivity index (χ3n) is 7.49. The normalized spacial score (nSPS) is 13.9. The number of rotatable bonds is 8. The molecule has 40 heavy (non-hydrogen) atoms. The molecule has 2 heterocycles. The molecule has 2 N–H and O–H groups in total. The molecule has 0 saturated carbocycles. The van der Waals surface area contributed by atoms with Crippen LogP contribution < -0.4 is 4.74 Å². The van der Waals surface area contributed by atoms with Crippen LogP contribution in [0.1, 0.15) is 35.2 Å². The minimum atomic E-state index is -0.0495. The van der Waals surface area contributed by atoms with Crippen LogP contribution >= 0.6 is 11.3 Å². The molecule has 1 saturated heterocycles. The highest BCUT2D eigenvalue weighted by molar-refractivity contribution is 7.22. The van der Waals surface area contributed by atoms with E-state index in [0.717, 1.165) is 57.0 Å². The van der Waals surface area contributed by atoms with Crippen LogP contribution in [0.3, 0.4) is 0 Å². The van der Waals surface area contributed by atoms with Crippen molar-refractivity contribution in [3.8, 4) is 38.8 Å². The maximum atomic E-state index is 14.0. The number of nitrogens with zero attached hydrogens (tertiary/aromatic N) is 1. The Bertz CT molecular complexity index is 1620. The molecule has 0 unspecified atom stereocenters. The van der Waals surface area contributed by atoms with Crippen LogP contribution in [0.2, 0.25) is 0 Å². The van der Waals surface area contributed by atoms with Crippen molar-refractivity contribution in [1.29, 1.82) is 0 Å². The predicted octanol–water partition coefficient (Wildman–Crippen LogP) is 7.74. The summed E-state index contributed by atoms with van der Waals surface area (Å²) in [6, 6.07) is 27.6. The second-order valence-electron chi connectivity index (χ2n) is 10.2. The van der Waals surface area contributed by atoms with Crippen molar-refractivity contribution in [3.05, 3.63) is 102 Å². The van der Waals surface area contributed by atoms with Crippen LogP contribution in [-0.2, 0) is 0 Å². The summed E-state index contributed by atoms with van der Waals surface area (Å²) in [6.45, 7) is 3.84. The summed E-state index contributed by atoms with van der Waals surface area (Å²) in [6.07, 6.45) is 3.84. The third-order valence-corrected chi connectivity index (χ3v) is 8.69. The van der Waals surface area contributed by atoms with Gasteiger partial charge < -0.3 is 14.9 Å². The lowest BCUT2D eigenvalue weighted by atomic mass is 9.96. The van der Waals surface area contributed by atoms with Gasteiger partial charge in [0, 0.05) is 32.6 Å². The molecule has 6 rings (SSSR count). The molecule has 1 aliphatic heterocycles. The molecule has 0 spiro atoms. The van der Waals surface area contributed by atoms with E-state index in [0.29, 0.717) is 17.7 Å². The average molecular weight is 550 g/mol. The van der Waals surface area contributed by atoms with Gasteiger partial charge in [-0.05, 0) is 109 Å². The summed E-state index contributed by atoms with van der Waals surface area (Å²) in [7, 11) is 0. The van der Waals surface area contributed by atoms with E-state index in [9.17, 15) is 15.0 Å². The molecule has 1 aliphatic rings. The minimum absolute atomic E-state index is 0.0495. The Hall–Kier alpha value is -4.13. The molecule has 4 aromatic carbocycles. The van der Waals surface area contributed by atoms with E-state index < -0.39 is 0 Å². The highest BCUT2D eigenvalue weighted by Crippen LogP contribution is 2.42. The molecule has 5 nitrogen and oxygen atoms in total. The standard InChI is InChI=1S/C34H31NO4S/c36-27-11-4-23(5-12-27)26-10-17-30-31(22-26)40-34(25-6-13-28(37)14-7-25)32(30)33(38)24-8-15-29(16-9-24)39-21-20-35-18-2-1-3-19-35/h4-17,22,36-37H,1-3,18-21H2. The minimum Gasteiger partial charge on any atom is -0.508 e. The number of fused-ring (bicyclic) bond motifs is 1. The molecule has 5 aromatic rings. The zero-order valence-electron chi connectivity index (χ0n) is 22.2. The maximum Gasteiger partial charge on any atom is 0.195 e. The number of carbonyl (C=O) groups excluding carboxylic acids is 1. The highest BCUT2D eigenvalue weighted by atomic mass is 32.1. The van der Waals surface area contributed by atoms with Gasteiger partial charge in [-0.15, -0.1) is 11.3 Å². The van der Waals surface area contributed by atoms with Gasteiger partial charge in [0.05, 0.1) is 0 Å². The Morgan fingerprint density at radius 3 is 2.05 bits per heavy atom. The summed E-state index contributed by atoms with van der Waals surface area (Å²) < 4.78 is 6.98. The largest absolute Gasteiger partial charge is 0.508 e. The Balaban J connectivity index is 1.30. The van der Waals surface area contributed by atoms with Crippen molar-refractivity contribution in [1.82, 2.24) is 4.90 Å². The van der Waals surface area contributed by atoms with Crippen LogP contribution in [0.5, 0.6) is 17.2 Å². The van der Waals surface area contributed by atoms with E-state index in [2.05, 4.69) is 11.0 Å². The molecule has 0 radical (unpaired) electrons. The molecule has 202 valence electrons. The molecule has 0 bridgehead atoms. The lowest BCUT2D eigenvalue weighted by molar-refractivity contribution is 0.104. The van der Waals surface area contributed by atoms with Crippen molar-refractivity contribution >= 4 is 27.2 Å². The van der Waals surface area contributed by atoms with Gasteiger partial charge >= 0.3 is 0 Å². The number of ether oxygens (including phenoxy) is 1. The van der Waals surface area contributed by atoms with Crippen molar-refractivity contribution in [2.45, 2.75) is 19.3 Å². The number of likely N-dealkylation sites (tertiary alicyclic amines) is 1. The van der Waals surface area contributed by atoms with Crippen molar-refractivity contribution in [2.24, 2.45) is 0 Å². The van der Waals surface area contributed by atoms with E-state index >= 15 is 0 Å². The van der Waals surface area contributed by atoms with Gasteiger partial charge in [0.2, 0.25) is 0 Å². The lowest BCUT2D eigenvalue weighted by Crippen LogP contribution is -2.33. The van der Waals surface area contributed by atoms with Crippen LogP contribution in [0, 0.1) is 0 Å². The molecular formula is C34H31NO4S. The van der Waals surface area contributed by atoms with Crippen LogP contribution in [0.25, 0.3) is 31.7 Å². The van der Waals surface area contributed by atoms with Crippen molar-refractivity contribution in [2.75, 3.05) is 26.2 Å². The number of phenols is 2. The zero-order valence-corrected chi connectivity index (χ0v) is 23.0. The molecule has 0 amide bonds. The Morgan fingerprint density at radius 1 is 0.750 bits per heavy atom. The second-order valence-corrected chi connectivity index (χ2v) is 11.3. The first kappa shape index (κ1) is 26.1. The summed E-state index contributed by atoms with van der Waals surface area (Å²) in [5.41, 5.74) is 4.14. The lowest BCUT2D eigenvalue weighted by Gasteiger charge is -2.26. The quantitative estimate of drug-likeness (QED) is 0.194. The Kier molecular flexibility index (Phi) is 7.53. The van der Waals surface area contributed by atoms with Gasteiger partial charge in [-0.2, -0.15) is 0 Å². The van der Waals surface area contributed by atoms with E-state index in [1.54, 1.807) is 35.6 Å². The van der Waals surface area contributed by atoms with Gasteiger partial charge in [0.25, 0.3) is 0 Å². The molecule has 0 atom stereocenters. The van der Waals surface area contributed by atoms with Gasteiger partial charge in [-0.3, -0.25) is 9.69 Å². The van der Waals surface area contributed by atoms with Crippen LogP contribution in [-0.4, -0.2) is 47.1 Å². The molecule has 1 aromatic heterocycles. The van der Waals surface area contributed by atoms with Gasteiger partial charge in [0.1, 0.15) is 23.9 Å². The number of piperidine rings is 1. The third kappa shape index (κ3) is 5.60. The van der Waals surface area contributed by atoms with Crippen molar-refractivity contribution in [3.63, 3.8) is 0 Å². The fourth-order valence-electron chi connectivity index (χ4n) is 5.29. The fraction of sp³-hybridized carbons (Fsp3) is 0.206. The van der Waals surface area contributed by atoms with Gasteiger partial charge in [-0.1, -0.05) is 30.7 Å². The number of benzene rings is 4. The summed E-state index contributed by atoms with van der Waals surface area (Å²) >= 11 is 1.56. The van der Waals surface area contributed by atoms with Crippen LogP contribution in [0.15, 0.2) is 91.0 Å². The molecule has 1 fully saturated rings. The zero-order chi connectivity index (χ0) is 27.5. The summed E-state index contributed by atoms with van der Waals surface area (Å²) in [4.78, 5) is 17.3. The van der Waals surface area contributed by atoms with E-state index in [1.165, 1.54) is 19.3 Å². The van der Waals surface area contributed by atoms with Gasteiger partial charge in [0.15, 0.2) is 5.78 Å². The first-order valence-electron chi connectivity index (χ1n) is 13.7. The average Bonchev–Trinajstić information content (AvgIpc) is 3.37.